The van der Waals surface area contributed by atoms with Crippen molar-refractivity contribution >= 4 is 11.9 Å². The van der Waals surface area contributed by atoms with Gasteiger partial charge < -0.3 is 15.2 Å². The van der Waals surface area contributed by atoms with Crippen LogP contribution in [-0.2, 0) is 4.74 Å². The van der Waals surface area contributed by atoms with Crippen LogP contribution < -0.4 is 5.32 Å². The van der Waals surface area contributed by atoms with Gasteiger partial charge in [0.1, 0.15) is 5.69 Å². The van der Waals surface area contributed by atoms with E-state index in [0.29, 0.717) is 13.2 Å². The molecule has 1 amide bonds. The summed E-state index contributed by atoms with van der Waals surface area (Å²) >= 11 is 0. The first-order valence-electron chi connectivity index (χ1n) is 5.63. The van der Waals surface area contributed by atoms with Crippen molar-refractivity contribution in [3.8, 4) is 0 Å². The molecular formula is C12H16N2O4. The van der Waals surface area contributed by atoms with Gasteiger partial charge in [0, 0.05) is 18.8 Å². The first kappa shape index (κ1) is 14.1. The number of hydrogen-bond acceptors (Lipinski definition) is 4. The fourth-order valence-corrected chi connectivity index (χ4v) is 1.39. The summed E-state index contributed by atoms with van der Waals surface area (Å²) in [4.78, 5) is 26.6. The molecule has 0 aromatic carbocycles. The Morgan fingerprint density at radius 1 is 1.56 bits per heavy atom. The summed E-state index contributed by atoms with van der Waals surface area (Å²) in [5.41, 5.74) is -0.202. The van der Waals surface area contributed by atoms with E-state index in [4.69, 9.17) is 9.84 Å². The number of nitrogens with one attached hydrogen (secondary N) is 1. The number of amides is 1. The second kappa shape index (κ2) is 6.70. The number of carboxylic acid groups (broad SMARTS) is 1. The monoisotopic (exact) mass is 252 g/mol. The number of nitrogens with zero attached hydrogens (tertiary/aromatic N) is 1. The number of aromatic carboxylic acids is 1. The van der Waals surface area contributed by atoms with Crippen molar-refractivity contribution in [1.82, 2.24) is 10.3 Å². The summed E-state index contributed by atoms with van der Waals surface area (Å²) in [5.74, 6) is -1.69. The molecule has 18 heavy (non-hydrogen) atoms. The number of ether oxygens (including phenoxy) is 1. The van der Waals surface area contributed by atoms with Crippen molar-refractivity contribution in [2.75, 3.05) is 13.2 Å². The van der Waals surface area contributed by atoms with Gasteiger partial charge in [-0.3, -0.25) is 9.78 Å². The highest BCUT2D eigenvalue weighted by Gasteiger charge is 2.18. The molecule has 1 aromatic rings. The smallest absolute Gasteiger partial charge is 0.338 e. The van der Waals surface area contributed by atoms with E-state index in [1.807, 2.05) is 6.92 Å². The van der Waals surface area contributed by atoms with Crippen LogP contribution in [0.3, 0.4) is 0 Å². The largest absolute Gasteiger partial charge is 0.478 e. The van der Waals surface area contributed by atoms with Gasteiger partial charge in [-0.2, -0.15) is 0 Å². The van der Waals surface area contributed by atoms with Gasteiger partial charge in [0.2, 0.25) is 0 Å². The maximum Gasteiger partial charge on any atom is 0.338 e. The second-order valence-corrected chi connectivity index (χ2v) is 3.74. The van der Waals surface area contributed by atoms with Crippen molar-refractivity contribution in [2.45, 2.75) is 19.9 Å². The lowest BCUT2D eigenvalue weighted by molar-refractivity contribution is 0.0688. The lowest BCUT2D eigenvalue weighted by Gasteiger charge is -2.13. The minimum Gasteiger partial charge on any atom is -0.478 e. The van der Waals surface area contributed by atoms with Crippen LogP contribution in [0.5, 0.6) is 0 Å². The first-order valence-corrected chi connectivity index (χ1v) is 5.63. The van der Waals surface area contributed by atoms with E-state index in [1.54, 1.807) is 6.92 Å². The third-order valence-corrected chi connectivity index (χ3v) is 2.20. The molecule has 0 saturated carbocycles. The Bertz CT molecular complexity index is 434. The maximum atomic E-state index is 11.9. The summed E-state index contributed by atoms with van der Waals surface area (Å²) < 4.78 is 5.16. The Kier molecular flexibility index (Phi) is 5.26. The molecule has 0 bridgehead atoms. The van der Waals surface area contributed by atoms with Crippen LogP contribution in [0, 0.1) is 0 Å². The number of carbonyl (C=O) groups excluding carboxylic acids is 1. The predicted octanol–water partition coefficient (Wildman–Crippen LogP) is 0.935. The molecule has 0 aliphatic carbocycles. The van der Waals surface area contributed by atoms with Crippen LogP contribution in [0.25, 0.3) is 0 Å². The van der Waals surface area contributed by atoms with Crippen LogP contribution in [0.1, 0.15) is 34.7 Å². The zero-order valence-electron chi connectivity index (χ0n) is 10.3. The van der Waals surface area contributed by atoms with Crippen molar-refractivity contribution in [2.24, 2.45) is 0 Å². The predicted molar refractivity (Wildman–Crippen MR) is 64.6 cm³/mol. The fourth-order valence-electron chi connectivity index (χ4n) is 1.39. The Morgan fingerprint density at radius 3 is 2.89 bits per heavy atom. The number of pyridine rings is 1. The zero-order chi connectivity index (χ0) is 13.5. The van der Waals surface area contributed by atoms with E-state index >= 15 is 0 Å². The van der Waals surface area contributed by atoms with Gasteiger partial charge in [0.25, 0.3) is 5.91 Å². The Balaban J connectivity index is 2.75. The van der Waals surface area contributed by atoms with E-state index in [9.17, 15) is 9.59 Å². The third-order valence-electron chi connectivity index (χ3n) is 2.20. The van der Waals surface area contributed by atoms with Gasteiger partial charge in [-0.05, 0) is 26.0 Å². The molecule has 0 aliphatic rings. The van der Waals surface area contributed by atoms with Crippen LogP contribution >= 0.6 is 0 Å². The number of hydrogen-bond donors (Lipinski definition) is 2. The molecule has 0 fully saturated rings. The summed E-state index contributed by atoms with van der Waals surface area (Å²) in [6.45, 7) is 4.56. The third kappa shape index (κ3) is 3.81. The number of carbonyl (C=O) groups is 2. The highest BCUT2D eigenvalue weighted by molar-refractivity contribution is 6.03. The average molecular weight is 252 g/mol. The average Bonchev–Trinajstić information content (AvgIpc) is 2.36. The molecule has 98 valence electrons. The lowest BCUT2D eigenvalue weighted by Crippen LogP contribution is -2.37. The van der Waals surface area contributed by atoms with Crippen molar-refractivity contribution in [3.63, 3.8) is 0 Å². The molecule has 0 saturated heterocycles. The summed E-state index contributed by atoms with van der Waals surface area (Å²) in [7, 11) is 0. The molecule has 2 N–H and O–H groups in total. The molecular weight excluding hydrogens is 236 g/mol. The second-order valence-electron chi connectivity index (χ2n) is 3.74. The minimum absolute atomic E-state index is 0.0895. The molecule has 0 spiro atoms. The van der Waals surface area contributed by atoms with Gasteiger partial charge in [-0.1, -0.05) is 0 Å². The SMILES string of the molecule is CCOCC(C)NC(=O)c1ncccc1C(=O)O. The quantitative estimate of drug-likeness (QED) is 0.786. The fraction of sp³-hybridized carbons (Fsp3) is 0.417. The van der Waals surface area contributed by atoms with E-state index in [2.05, 4.69) is 10.3 Å². The maximum absolute atomic E-state index is 11.9. The Labute approximate surface area is 105 Å². The molecule has 0 radical (unpaired) electrons. The summed E-state index contributed by atoms with van der Waals surface area (Å²) in [6, 6.07) is 2.61. The lowest BCUT2D eigenvalue weighted by atomic mass is 10.2. The number of rotatable bonds is 6. The van der Waals surface area contributed by atoms with E-state index in [0.717, 1.165) is 0 Å². The van der Waals surface area contributed by atoms with Crippen molar-refractivity contribution in [3.05, 3.63) is 29.6 Å². The molecule has 1 aromatic heterocycles. The Hall–Kier alpha value is -1.95. The summed E-state index contributed by atoms with van der Waals surface area (Å²) in [6.07, 6.45) is 1.38. The molecule has 0 aliphatic heterocycles. The molecule has 1 rings (SSSR count). The molecule has 6 heteroatoms. The van der Waals surface area contributed by atoms with Gasteiger partial charge >= 0.3 is 5.97 Å². The van der Waals surface area contributed by atoms with Crippen molar-refractivity contribution < 1.29 is 19.4 Å². The van der Waals surface area contributed by atoms with Crippen LogP contribution in [0.15, 0.2) is 18.3 Å². The number of carboxylic acids is 1. The van der Waals surface area contributed by atoms with Gasteiger partial charge in [0.15, 0.2) is 0 Å². The van der Waals surface area contributed by atoms with E-state index in [-0.39, 0.29) is 17.3 Å². The highest BCUT2D eigenvalue weighted by Crippen LogP contribution is 2.05. The minimum atomic E-state index is -1.18. The van der Waals surface area contributed by atoms with Crippen molar-refractivity contribution in [1.29, 1.82) is 0 Å². The van der Waals surface area contributed by atoms with Crippen LogP contribution in [-0.4, -0.2) is 41.2 Å². The summed E-state index contributed by atoms with van der Waals surface area (Å²) in [5, 5.41) is 11.6. The highest BCUT2D eigenvalue weighted by atomic mass is 16.5. The number of aromatic nitrogens is 1. The topological polar surface area (TPSA) is 88.5 Å². The van der Waals surface area contributed by atoms with Gasteiger partial charge in [-0.25, -0.2) is 4.79 Å². The van der Waals surface area contributed by atoms with E-state index in [1.165, 1.54) is 18.3 Å². The van der Waals surface area contributed by atoms with E-state index < -0.39 is 11.9 Å². The molecule has 1 heterocycles. The van der Waals surface area contributed by atoms with Gasteiger partial charge in [0.05, 0.1) is 12.2 Å². The molecule has 1 unspecified atom stereocenters. The molecule has 6 nitrogen and oxygen atoms in total. The molecule has 1 atom stereocenters. The van der Waals surface area contributed by atoms with Crippen LogP contribution in [0.2, 0.25) is 0 Å². The van der Waals surface area contributed by atoms with Gasteiger partial charge in [-0.15, -0.1) is 0 Å². The first-order chi connectivity index (χ1) is 8.56. The Morgan fingerprint density at radius 2 is 2.28 bits per heavy atom. The van der Waals surface area contributed by atoms with Crippen LogP contribution in [0.4, 0.5) is 0 Å². The zero-order valence-corrected chi connectivity index (χ0v) is 10.3. The standard InChI is InChI=1S/C12H16N2O4/c1-3-18-7-8(2)14-11(15)10-9(12(16)17)5-4-6-13-10/h4-6,8H,3,7H2,1-2H3,(H,14,15)(H,16,17). The normalized spacial score (nSPS) is 11.9.